The molecule has 0 atom stereocenters. The van der Waals surface area contributed by atoms with Gasteiger partial charge in [-0.25, -0.2) is 10.2 Å². The van der Waals surface area contributed by atoms with Gasteiger partial charge >= 0.3 is 17.8 Å². The maximum absolute atomic E-state index is 12.8. The van der Waals surface area contributed by atoms with Gasteiger partial charge in [0.05, 0.1) is 23.0 Å². The average Bonchev–Trinajstić information content (AvgIpc) is 2.95. The molecule has 1 aliphatic rings. The molecule has 0 spiro atoms. The Morgan fingerprint density at radius 3 is 2.40 bits per heavy atom. The summed E-state index contributed by atoms with van der Waals surface area (Å²) in [6, 6.07) is 18.5. The highest BCUT2D eigenvalue weighted by Crippen LogP contribution is 2.23. The number of rotatable bonds is 7. The van der Waals surface area contributed by atoms with E-state index in [0.29, 0.717) is 15.6 Å². The van der Waals surface area contributed by atoms with Crippen LogP contribution in [0.5, 0.6) is 5.75 Å². The van der Waals surface area contributed by atoms with Crippen molar-refractivity contribution in [2.24, 2.45) is 5.10 Å². The minimum atomic E-state index is -1.04. The Morgan fingerprint density at radius 1 is 0.925 bits per heavy atom. The molecule has 3 aromatic rings. The zero-order chi connectivity index (χ0) is 28.5. The Morgan fingerprint density at radius 2 is 1.65 bits per heavy atom. The number of hydrogen-bond donors (Lipinski definition) is 3. The zero-order valence-corrected chi connectivity index (χ0v) is 23.5. The van der Waals surface area contributed by atoms with E-state index in [1.807, 2.05) is 19.1 Å². The average molecular weight is 605 g/mol. The van der Waals surface area contributed by atoms with Crippen molar-refractivity contribution in [1.82, 2.24) is 10.7 Å². The predicted octanol–water partition coefficient (Wildman–Crippen LogP) is 5.13. The third-order valence-electron chi connectivity index (χ3n) is 6.40. The topological polar surface area (TPSA) is 126 Å². The van der Waals surface area contributed by atoms with E-state index < -0.39 is 17.8 Å². The van der Waals surface area contributed by atoms with Crippen molar-refractivity contribution in [2.75, 3.05) is 5.32 Å². The molecule has 0 saturated heterocycles. The molecule has 1 saturated carbocycles. The molecule has 1 fully saturated rings. The van der Waals surface area contributed by atoms with Gasteiger partial charge < -0.3 is 15.4 Å². The Balaban J connectivity index is 1.38. The lowest BCUT2D eigenvalue weighted by atomic mass is 9.95. The number of carbonyl (C=O) groups is 4. The first-order chi connectivity index (χ1) is 19.3. The highest BCUT2D eigenvalue weighted by molar-refractivity contribution is 9.10. The number of hydrogen-bond acceptors (Lipinski definition) is 6. The van der Waals surface area contributed by atoms with Crippen LogP contribution in [0.1, 0.15) is 63.9 Å². The number of esters is 1. The van der Waals surface area contributed by atoms with Crippen LogP contribution >= 0.6 is 15.9 Å². The summed E-state index contributed by atoms with van der Waals surface area (Å²) >= 11 is 3.36. The zero-order valence-electron chi connectivity index (χ0n) is 21.9. The van der Waals surface area contributed by atoms with Crippen LogP contribution in [0.3, 0.4) is 0 Å². The van der Waals surface area contributed by atoms with Crippen LogP contribution in [0.15, 0.2) is 76.3 Å². The molecule has 206 valence electrons. The molecular weight excluding hydrogens is 576 g/mol. The molecule has 9 nitrogen and oxygen atoms in total. The molecule has 0 aromatic heterocycles. The van der Waals surface area contributed by atoms with Crippen LogP contribution in [0.2, 0.25) is 0 Å². The van der Waals surface area contributed by atoms with Crippen molar-refractivity contribution in [3.05, 3.63) is 93.5 Å². The van der Waals surface area contributed by atoms with E-state index in [9.17, 15) is 19.2 Å². The fourth-order valence-corrected chi connectivity index (χ4v) is 4.63. The third kappa shape index (κ3) is 7.86. The van der Waals surface area contributed by atoms with Gasteiger partial charge in [-0.3, -0.25) is 14.4 Å². The first-order valence-electron chi connectivity index (χ1n) is 12.9. The molecule has 3 N–H and O–H groups in total. The molecular formula is C30H29BrN4O5. The molecule has 40 heavy (non-hydrogen) atoms. The first-order valence-corrected chi connectivity index (χ1v) is 13.7. The van der Waals surface area contributed by atoms with Crippen LogP contribution in [-0.2, 0) is 9.59 Å². The summed E-state index contributed by atoms with van der Waals surface area (Å²) in [5, 5.41) is 9.35. The van der Waals surface area contributed by atoms with Crippen molar-refractivity contribution in [2.45, 2.75) is 45.1 Å². The van der Waals surface area contributed by atoms with Crippen LogP contribution in [0, 0.1) is 6.92 Å². The SMILES string of the molecule is Cc1ccc(C(=O)Oc2ccc(Br)cc2/C=N/NC(=O)C(=O)Nc2ccccc2C(=O)NC2CCCCC2)cc1. The number of hydrazone groups is 1. The maximum Gasteiger partial charge on any atom is 0.343 e. The van der Waals surface area contributed by atoms with Gasteiger partial charge in [-0.15, -0.1) is 0 Å². The molecule has 3 aromatic carbocycles. The number of ether oxygens (including phenoxy) is 1. The predicted molar refractivity (Wildman–Crippen MR) is 155 cm³/mol. The smallest absolute Gasteiger partial charge is 0.343 e. The number of aryl methyl sites for hydroxylation is 1. The van der Waals surface area contributed by atoms with E-state index in [1.165, 1.54) is 6.21 Å². The highest BCUT2D eigenvalue weighted by atomic mass is 79.9. The van der Waals surface area contributed by atoms with E-state index in [2.05, 4.69) is 37.1 Å². The van der Waals surface area contributed by atoms with Gasteiger partial charge in [0.1, 0.15) is 5.75 Å². The number of nitrogens with zero attached hydrogens (tertiary/aromatic N) is 1. The second-order valence-corrected chi connectivity index (χ2v) is 10.4. The Labute approximate surface area is 240 Å². The number of carbonyl (C=O) groups excluding carboxylic acids is 4. The molecule has 10 heteroatoms. The molecule has 0 bridgehead atoms. The van der Waals surface area contributed by atoms with E-state index in [-0.39, 0.29) is 28.9 Å². The molecule has 0 heterocycles. The van der Waals surface area contributed by atoms with Crippen molar-refractivity contribution in [3.8, 4) is 5.75 Å². The van der Waals surface area contributed by atoms with E-state index >= 15 is 0 Å². The number of benzene rings is 3. The lowest BCUT2D eigenvalue weighted by Crippen LogP contribution is -2.37. The van der Waals surface area contributed by atoms with E-state index in [0.717, 1.165) is 37.7 Å². The number of para-hydroxylation sites is 1. The summed E-state index contributed by atoms with van der Waals surface area (Å²) < 4.78 is 6.21. The quantitative estimate of drug-likeness (QED) is 0.113. The Hall–Kier alpha value is -4.31. The number of anilines is 1. The van der Waals surface area contributed by atoms with Crippen LogP contribution in [0.25, 0.3) is 0 Å². The number of nitrogens with one attached hydrogen (secondary N) is 3. The molecule has 4 rings (SSSR count). The lowest BCUT2D eigenvalue weighted by molar-refractivity contribution is -0.136. The minimum Gasteiger partial charge on any atom is -0.422 e. The van der Waals surface area contributed by atoms with Crippen molar-refractivity contribution >= 4 is 51.5 Å². The number of amides is 3. The van der Waals surface area contributed by atoms with Crippen molar-refractivity contribution in [3.63, 3.8) is 0 Å². The summed E-state index contributed by atoms with van der Waals surface area (Å²) in [6.07, 6.45) is 6.41. The third-order valence-corrected chi connectivity index (χ3v) is 6.89. The lowest BCUT2D eigenvalue weighted by Gasteiger charge is -2.23. The fraction of sp³-hybridized carbons (Fsp3) is 0.233. The fourth-order valence-electron chi connectivity index (χ4n) is 4.25. The Bertz CT molecular complexity index is 1430. The summed E-state index contributed by atoms with van der Waals surface area (Å²) in [5.74, 6) is -2.66. The molecule has 0 unspecified atom stereocenters. The van der Waals surface area contributed by atoms with Crippen molar-refractivity contribution in [1.29, 1.82) is 0 Å². The van der Waals surface area contributed by atoms with Gasteiger partial charge in [-0.1, -0.05) is 65.0 Å². The van der Waals surface area contributed by atoms with Crippen LogP contribution in [0.4, 0.5) is 5.69 Å². The molecule has 0 radical (unpaired) electrons. The Kier molecular flexibility index (Phi) is 9.80. The highest BCUT2D eigenvalue weighted by Gasteiger charge is 2.21. The monoisotopic (exact) mass is 604 g/mol. The van der Waals surface area contributed by atoms with Gasteiger partial charge in [-0.05, 0) is 62.2 Å². The molecule has 1 aliphatic carbocycles. The first kappa shape index (κ1) is 28.7. The van der Waals surface area contributed by atoms with Gasteiger partial charge in [0.25, 0.3) is 5.91 Å². The van der Waals surface area contributed by atoms with Gasteiger partial charge in [0, 0.05) is 16.1 Å². The van der Waals surface area contributed by atoms with E-state index in [1.54, 1.807) is 54.6 Å². The standard InChI is InChI=1S/C30H29BrN4O5/c1-19-11-13-20(14-12-19)30(39)40-26-16-15-22(31)17-21(26)18-32-35-29(38)28(37)34-25-10-6-5-9-24(25)27(36)33-23-7-3-2-4-8-23/h5-6,9-18,23H,2-4,7-8H2,1H3,(H,33,36)(H,34,37)(H,35,38)/b32-18+. The minimum absolute atomic E-state index is 0.0988. The molecule has 0 aliphatic heterocycles. The van der Waals surface area contributed by atoms with Gasteiger partial charge in [0.15, 0.2) is 0 Å². The normalized spacial score (nSPS) is 13.4. The summed E-state index contributed by atoms with van der Waals surface area (Å²) in [5.41, 5.74) is 4.44. The second kappa shape index (κ2) is 13.7. The summed E-state index contributed by atoms with van der Waals surface area (Å²) in [4.78, 5) is 50.4. The second-order valence-electron chi connectivity index (χ2n) is 9.44. The van der Waals surface area contributed by atoms with Crippen LogP contribution in [-0.4, -0.2) is 35.9 Å². The molecule has 3 amide bonds. The largest absolute Gasteiger partial charge is 0.422 e. The number of halogens is 1. The van der Waals surface area contributed by atoms with Crippen molar-refractivity contribution < 1.29 is 23.9 Å². The van der Waals surface area contributed by atoms with Gasteiger partial charge in [0.2, 0.25) is 0 Å². The summed E-state index contributed by atoms with van der Waals surface area (Å²) in [6.45, 7) is 1.92. The van der Waals surface area contributed by atoms with Gasteiger partial charge in [-0.2, -0.15) is 5.10 Å². The van der Waals surface area contributed by atoms with E-state index in [4.69, 9.17) is 4.74 Å². The van der Waals surface area contributed by atoms with Crippen LogP contribution < -0.4 is 20.8 Å². The summed E-state index contributed by atoms with van der Waals surface area (Å²) in [7, 11) is 0. The maximum atomic E-state index is 12.8.